The molecule has 2 N–H and O–H groups in total. The van der Waals surface area contributed by atoms with Gasteiger partial charge in [-0.15, -0.1) is 10.2 Å². The highest BCUT2D eigenvalue weighted by atomic mass is 32.2. The first-order valence-electron chi connectivity index (χ1n) is 8.95. The van der Waals surface area contributed by atoms with Crippen molar-refractivity contribution in [3.05, 3.63) is 75.3 Å². The van der Waals surface area contributed by atoms with Crippen molar-refractivity contribution in [3.63, 3.8) is 0 Å². The van der Waals surface area contributed by atoms with Crippen LogP contribution in [0.1, 0.15) is 17.5 Å². The summed E-state index contributed by atoms with van der Waals surface area (Å²) in [5, 5.41) is 21.9. The average molecular weight is 460 g/mol. The predicted molar refractivity (Wildman–Crippen MR) is 117 cm³/mol. The summed E-state index contributed by atoms with van der Waals surface area (Å²) in [5.74, 6) is -0.471. The van der Waals surface area contributed by atoms with Gasteiger partial charge in [-0.2, -0.15) is 0 Å². The van der Waals surface area contributed by atoms with Crippen LogP contribution in [0, 0.1) is 10.1 Å². The Morgan fingerprint density at radius 1 is 1.19 bits per heavy atom. The van der Waals surface area contributed by atoms with Crippen LogP contribution < -0.4 is 10.0 Å². The van der Waals surface area contributed by atoms with Crippen molar-refractivity contribution in [2.75, 3.05) is 10.0 Å². The minimum Gasteiger partial charge on any atom is -0.323 e. The first-order valence-corrected chi connectivity index (χ1v) is 11.3. The van der Waals surface area contributed by atoms with Gasteiger partial charge in [0.2, 0.25) is 11.0 Å². The number of hydrogen-bond acceptors (Lipinski definition) is 8. The number of nitro benzene ring substituents is 1. The lowest BCUT2D eigenvalue weighted by Gasteiger charge is -2.06. The molecule has 0 bridgehead atoms. The second-order valence-corrected chi connectivity index (χ2v) is 8.90. The van der Waals surface area contributed by atoms with Crippen molar-refractivity contribution < 1.29 is 18.1 Å². The van der Waals surface area contributed by atoms with Crippen LogP contribution in [0.2, 0.25) is 0 Å². The summed E-state index contributed by atoms with van der Waals surface area (Å²) in [7, 11) is -3.83. The highest BCUT2D eigenvalue weighted by Gasteiger charge is 2.16. The fraction of sp³-hybridized carbons (Fsp3) is 0.105. The molecule has 12 heteroatoms. The molecule has 0 aliphatic carbocycles. The predicted octanol–water partition coefficient (Wildman–Crippen LogP) is 3.46. The number of non-ortho nitro benzene ring substituents is 1. The van der Waals surface area contributed by atoms with E-state index in [4.69, 9.17) is 0 Å². The molecule has 0 radical (unpaired) electrons. The van der Waals surface area contributed by atoms with E-state index >= 15 is 0 Å². The molecule has 0 saturated carbocycles. The van der Waals surface area contributed by atoms with Gasteiger partial charge >= 0.3 is 0 Å². The zero-order valence-corrected chi connectivity index (χ0v) is 17.8. The van der Waals surface area contributed by atoms with Crippen LogP contribution in [0.25, 0.3) is 6.08 Å². The summed E-state index contributed by atoms with van der Waals surface area (Å²) in [5.41, 5.74) is 0.809. The summed E-state index contributed by atoms with van der Waals surface area (Å²) in [6.07, 6.45) is 3.33. The molecule has 0 aliphatic rings. The van der Waals surface area contributed by atoms with E-state index in [-0.39, 0.29) is 15.7 Å². The summed E-state index contributed by atoms with van der Waals surface area (Å²) < 4.78 is 27.3. The lowest BCUT2D eigenvalue weighted by atomic mass is 10.2. The highest BCUT2D eigenvalue weighted by molar-refractivity contribution is 7.93. The van der Waals surface area contributed by atoms with E-state index in [1.54, 1.807) is 6.07 Å². The number of nitrogens with one attached hydrogen (secondary N) is 2. The average Bonchev–Trinajstić information content (AvgIpc) is 3.19. The molecule has 10 nitrogen and oxygen atoms in total. The maximum Gasteiger partial charge on any atom is 0.270 e. The lowest BCUT2D eigenvalue weighted by Crippen LogP contribution is -2.13. The van der Waals surface area contributed by atoms with Gasteiger partial charge in [-0.05, 0) is 42.3 Å². The summed E-state index contributed by atoms with van der Waals surface area (Å²) in [4.78, 5) is 22.4. The molecular weight excluding hydrogens is 442 g/mol. The molecule has 1 heterocycles. The lowest BCUT2D eigenvalue weighted by molar-refractivity contribution is -0.384. The number of benzene rings is 2. The molecule has 3 aromatic rings. The summed E-state index contributed by atoms with van der Waals surface area (Å²) in [6, 6.07) is 11.5. The zero-order valence-electron chi connectivity index (χ0n) is 16.2. The molecule has 0 atom stereocenters. The SMILES string of the molecule is CCc1nnc(NS(=O)(=O)c2ccc(NC(=O)/C=C\c3cccc([N+](=O)[O-])c3)cc2)s1. The van der Waals surface area contributed by atoms with E-state index in [0.29, 0.717) is 22.7 Å². The zero-order chi connectivity index (χ0) is 22.4. The molecule has 160 valence electrons. The van der Waals surface area contributed by atoms with Crippen LogP contribution in [0.5, 0.6) is 0 Å². The molecule has 0 aliphatic heterocycles. The Morgan fingerprint density at radius 3 is 2.58 bits per heavy atom. The Bertz CT molecular complexity index is 1240. The van der Waals surface area contributed by atoms with E-state index in [9.17, 15) is 23.3 Å². The second-order valence-electron chi connectivity index (χ2n) is 6.16. The maximum atomic E-state index is 12.4. The van der Waals surface area contributed by atoms with Crippen LogP contribution in [0.3, 0.4) is 0 Å². The van der Waals surface area contributed by atoms with Crippen LogP contribution in [0.4, 0.5) is 16.5 Å². The molecule has 0 fully saturated rings. The number of anilines is 2. The standard InChI is InChI=1S/C19H17N5O5S2/c1-2-18-21-22-19(30-18)23-31(28,29)16-9-7-14(8-10-16)20-17(25)11-6-13-4-3-5-15(12-13)24(26)27/h3-12H,2H2,1H3,(H,20,25)(H,22,23)/b11-6-. The largest absolute Gasteiger partial charge is 0.323 e. The summed E-state index contributed by atoms with van der Waals surface area (Å²) >= 11 is 1.16. The van der Waals surface area contributed by atoms with Gasteiger partial charge in [-0.1, -0.05) is 30.4 Å². The van der Waals surface area contributed by atoms with Crippen LogP contribution in [-0.2, 0) is 21.2 Å². The van der Waals surface area contributed by atoms with E-state index in [2.05, 4.69) is 20.2 Å². The molecule has 31 heavy (non-hydrogen) atoms. The van der Waals surface area contributed by atoms with E-state index in [1.165, 1.54) is 54.6 Å². The minimum absolute atomic E-state index is 0.00545. The number of amides is 1. The third kappa shape index (κ3) is 5.93. The molecule has 0 spiro atoms. The van der Waals surface area contributed by atoms with Gasteiger partial charge in [0.1, 0.15) is 5.01 Å². The Morgan fingerprint density at radius 2 is 1.94 bits per heavy atom. The molecule has 0 saturated heterocycles. The minimum atomic E-state index is -3.83. The molecule has 3 rings (SSSR count). The fourth-order valence-electron chi connectivity index (χ4n) is 2.43. The van der Waals surface area contributed by atoms with Crippen molar-refractivity contribution >= 4 is 49.8 Å². The van der Waals surface area contributed by atoms with Gasteiger partial charge in [-0.25, -0.2) is 8.42 Å². The van der Waals surface area contributed by atoms with Gasteiger partial charge < -0.3 is 5.32 Å². The number of carbonyl (C=O) groups excluding carboxylic acids is 1. The Hall–Kier alpha value is -3.64. The Labute approximate surface area is 181 Å². The van der Waals surface area contributed by atoms with Crippen molar-refractivity contribution in [2.45, 2.75) is 18.2 Å². The Balaban J connectivity index is 1.63. The fourth-order valence-corrected chi connectivity index (χ4v) is 4.34. The third-order valence-electron chi connectivity index (χ3n) is 3.93. The molecule has 1 amide bonds. The Kier molecular flexibility index (Phi) is 6.72. The highest BCUT2D eigenvalue weighted by Crippen LogP contribution is 2.21. The number of aryl methyl sites for hydroxylation is 1. The smallest absolute Gasteiger partial charge is 0.270 e. The monoisotopic (exact) mass is 459 g/mol. The van der Waals surface area contributed by atoms with Gasteiger partial charge in [0.05, 0.1) is 9.82 Å². The molecule has 1 aromatic heterocycles. The number of carbonyl (C=O) groups is 1. The summed E-state index contributed by atoms with van der Waals surface area (Å²) in [6.45, 7) is 1.89. The van der Waals surface area contributed by atoms with Crippen LogP contribution >= 0.6 is 11.3 Å². The topological polar surface area (TPSA) is 144 Å². The quantitative estimate of drug-likeness (QED) is 0.298. The van der Waals surface area contributed by atoms with E-state index in [0.717, 1.165) is 11.3 Å². The van der Waals surface area contributed by atoms with E-state index < -0.39 is 20.9 Å². The van der Waals surface area contributed by atoms with Crippen LogP contribution in [-0.4, -0.2) is 29.4 Å². The normalized spacial score (nSPS) is 11.4. The first kappa shape index (κ1) is 22.1. The number of nitrogens with zero attached hydrogens (tertiary/aromatic N) is 3. The first-order chi connectivity index (χ1) is 14.8. The molecule has 0 unspecified atom stereocenters. The van der Waals surface area contributed by atoms with Crippen molar-refractivity contribution in [3.8, 4) is 0 Å². The van der Waals surface area contributed by atoms with Crippen LogP contribution in [0.15, 0.2) is 59.5 Å². The molecular formula is C19H17N5O5S2. The number of nitro groups is 1. The van der Waals surface area contributed by atoms with Crippen molar-refractivity contribution in [2.24, 2.45) is 0 Å². The van der Waals surface area contributed by atoms with Gasteiger partial charge in [0, 0.05) is 23.9 Å². The van der Waals surface area contributed by atoms with Gasteiger partial charge in [0.25, 0.3) is 15.7 Å². The number of hydrogen-bond donors (Lipinski definition) is 2. The van der Waals surface area contributed by atoms with E-state index in [1.807, 2.05) is 6.92 Å². The number of rotatable bonds is 8. The van der Waals surface area contributed by atoms with Crippen molar-refractivity contribution in [1.82, 2.24) is 10.2 Å². The maximum absolute atomic E-state index is 12.4. The third-order valence-corrected chi connectivity index (χ3v) is 6.40. The number of aromatic nitrogens is 2. The molecule has 2 aromatic carbocycles. The van der Waals surface area contributed by atoms with Gasteiger partial charge in [-0.3, -0.25) is 19.6 Å². The van der Waals surface area contributed by atoms with Crippen molar-refractivity contribution in [1.29, 1.82) is 0 Å². The van der Waals surface area contributed by atoms with Gasteiger partial charge in [0.15, 0.2) is 0 Å². The second kappa shape index (κ2) is 9.45. The number of sulfonamides is 1.